The summed E-state index contributed by atoms with van der Waals surface area (Å²) in [5, 5.41) is 0. The van der Waals surface area contributed by atoms with Gasteiger partial charge in [-0.05, 0) is 87.3 Å². The Labute approximate surface area is 158 Å². The fourth-order valence-electron chi connectivity index (χ4n) is 3.45. The molecule has 0 unspecified atom stereocenters. The van der Waals surface area contributed by atoms with Crippen molar-refractivity contribution in [3.8, 4) is 0 Å². The number of ether oxygens (including phenoxy) is 1. The van der Waals surface area contributed by atoms with Crippen molar-refractivity contribution in [3.05, 3.63) is 75.4 Å². The Morgan fingerprint density at radius 3 is 2.65 bits per heavy atom. The highest BCUT2D eigenvalue weighted by Crippen LogP contribution is 2.30. The zero-order valence-electron chi connectivity index (χ0n) is 16.7. The molecule has 0 saturated carbocycles. The molecule has 0 aliphatic heterocycles. The van der Waals surface area contributed by atoms with E-state index >= 15 is 0 Å². The maximum absolute atomic E-state index is 11.4. The molecule has 1 aliphatic rings. The summed E-state index contributed by atoms with van der Waals surface area (Å²) in [6.45, 7) is 10.6. The van der Waals surface area contributed by atoms with Gasteiger partial charge in [0.15, 0.2) is 0 Å². The molecule has 0 saturated heterocycles. The number of carbonyl (C=O) groups is 1. The first-order valence-corrected chi connectivity index (χ1v) is 9.42. The average molecular weight is 351 g/mol. The maximum atomic E-state index is 11.4. The largest absolute Gasteiger partial charge is 0.463 e. The van der Waals surface area contributed by atoms with Crippen molar-refractivity contribution in [2.24, 2.45) is 0 Å². The fraction of sp³-hybridized carbons (Fsp3) is 0.375. The number of hydrogen-bond donors (Lipinski definition) is 0. The Morgan fingerprint density at radius 2 is 1.92 bits per heavy atom. The number of hydrogen-bond acceptors (Lipinski definition) is 2. The number of rotatable bonds is 6. The van der Waals surface area contributed by atoms with E-state index in [-0.39, 0.29) is 5.97 Å². The molecule has 0 heterocycles. The van der Waals surface area contributed by atoms with E-state index in [0.717, 1.165) is 5.57 Å². The summed E-state index contributed by atoms with van der Waals surface area (Å²) in [6.07, 6.45) is 15.6. The zero-order chi connectivity index (χ0) is 19.1. The van der Waals surface area contributed by atoms with Crippen LogP contribution < -0.4 is 0 Å². The first-order chi connectivity index (χ1) is 12.4. The molecular weight excluding hydrogens is 320 g/mol. The lowest BCUT2D eigenvalue weighted by Gasteiger charge is -2.11. The highest BCUT2D eigenvalue weighted by molar-refractivity contribution is 5.83. The lowest BCUT2D eigenvalue weighted by Crippen LogP contribution is -1.99. The third-order valence-corrected chi connectivity index (χ3v) is 4.80. The molecule has 0 spiro atoms. The van der Waals surface area contributed by atoms with Gasteiger partial charge in [0.25, 0.3) is 0 Å². The molecular formula is C24H30O2. The Balaban J connectivity index is 2.08. The van der Waals surface area contributed by atoms with Crippen LogP contribution in [0.15, 0.2) is 47.6 Å². The van der Waals surface area contributed by atoms with Gasteiger partial charge in [0.1, 0.15) is 0 Å². The van der Waals surface area contributed by atoms with Crippen LogP contribution in [-0.4, -0.2) is 12.6 Å². The van der Waals surface area contributed by atoms with Crippen molar-refractivity contribution in [3.63, 3.8) is 0 Å². The number of benzene rings is 1. The van der Waals surface area contributed by atoms with Gasteiger partial charge in [-0.3, -0.25) is 0 Å². The van der Waals surface area contributed by atoms with E-state index in [1.807, 2.05) is 19.1 Å². The number of allylic oxidation sites excluding steroid dienone is 6. The lowest BCUT2D eigenvalue weighted by molar-refractivity contribution is -0.137. The zero-order valence-corrected chi connectivity index (χ0v) is 16.7. The van der Waals surface area contributed by atoms with E-state index in [2.05, 4.69) is 45.1 Å². The normalized spacial score (nSPS) is 15.1. The average Bonchev–Trinajstić information content (AvgIpc) is 3.03. The van der Waals surface area contributed by atoms with E-state index in [4.69, 9.17) is 4.74 Å². The van der Waals surface area contributed by atoms with Crippen molar-refractivity contribution in [1.29, 1.82) is 0 Å². The van der Waals surface area contributed by atoms with Crippen LogP contribution in [0.3, 0.4) is 0 Å². The second-order valence-electron chi connectivity index (χ2n) is 6.97. The van der Waals surface area contributed by atoms with Crippen molar-refractivity contribution in [2.45, 2.75) is 53.9 Å². The lowest BCUT2D eigenvalue weighted by atomic mass is 9.94. The maximum Gasteiger partial charge on any atom is 0.330 e. The second-order valence-corrected chi connectivity index (χ2v) is 6.97. The predicted octanol–water partition coefficient (Wildman–Crippen LogP) is 5.82. The van der Waals surface area contributed by atoms with Crippen molar-refractivity contribution in [2.75, 3.05) is 6.61 Å². The van der Waals surface area contributed by atoms with Gasteiger partial charge in [0.05, 0.1) is 6.61 Å². The van der Waals surface area contributed by atoms with Gasteiger partial charge in [-0.2, -0.15) is 0 Å². The monoisotopic (exact) mass is 350 g/mol. The molecule has 2 heteroatoms. The molecule has 0 bridgehead atoms. The highest BCUT2D eigenvalue weighted by Gasteiger charge is 2.16. The molecule has 0 amide bonds. The van der Waals surface area contributed by atoms with Gasteiger partial charge in [-0.25, -0.2) is 4.79 Å². The van der Waals surface area contributed by atoms with Gasteiger partial charge in [-0.1, -0.05) is 42.0 Å². The molecule has 1 aromatic carbocycles. The Hall–Kier alpha value is -2.35. The Bertz CT molecular complexity index is 789. The second kappa shape index (κ2) is 9.38. The van der Waals surface area contributed by atoms with E-state index in [1.54, 1.807) is 12.5 Å². The standard InChI is InChI=1S/C24H30O2/c1-6-26-24(25)15-18(3)10-7-9-17(2)13-14-22-19(4)16-21-11-8-12-23(21)20(22)5/h7,9-10,13-16H,6,8,11-12H2,1-5H3/b10-7+,14-13+,17-9+,18-15+. The first-order valence-electron chi connectivity index (χ1n) is 9.42. The van der Waals surface area contributed by atoms with Crippen molar-refractivity contribution >= 4 is 12.0 Å². The molecule has 0 fully saturated rings. The summed E-state index contributed by atoms with van der Waals surface area (Å²) in [7, 11) is 0. The van der Waals surface area contributed by atoms with E-state index in [9.17, 15) is 4.79 Å². The van der Waals surface area contributed by atoms with Crippen molar-refractivity contribution < 1.29 is 9.53 Å². The van der Waals surface area contributed by atoms with Crippen LogP contribution in [0.2, 0.25) is 0 Å². The minimum absolute atomic E-state index is 0.294. The SMILES string of the molecule is CCOC(=O)/C=C(C)/C=C/C=C(C)/C=C/c1c(C)cc2c(c1C)CCC2. The fourth-order valence-corrected chi connectivity index (χ4v) is 3.45. The minimum atomic E-state index is -0.294. The summed E-state index contributed by atoms with van der Waals surface area (Å²) >= 11 is 0. The molecule has 0 aromatic heterocycles. The molecule has 2 nitrogen and oxygen atoms in total. The van der Waals surface area contributed by atoms with E-state index < -0.39 is 0 Å². The van der Waals surface area contributed by atoms with Gasteiger partial charge < -0.3 is 4.74 Å². The van der Waals surface area contributed by atoms with Crippen LogP contribution in [0.1, 0.15) is 55.0 Å². The summed E-state index contributed by atoms with van der Waals surface area (Å²) in [5.41, 5.74) is 9.28. The molecule has 138 valence electrons. The van der Waals surface area contributed by atoms with Crippen molar-refractivity contribution in [1.82, 2.24) is 0 Å². The molecule has 2 rings (SSSR count). The third-order valence-electron chi connectivity index (χ3n) is 4.80. The summed E-state index contributed by atoms with van der Waals surface area (Å²) < 4.78 is 4.91. The molecule has 1 aliphatic carbocycles. The minimum Gasteiger partial charge on any atom is -0.463 e. The highest BCUT2D eigenvalue weighted by atomic mass is 16.5. The van der Waals surface area contributed by atoms with Crippen LogP contribution in [-0.2, 0) is 22.4 Å². The number of fused-ring (bicyclic) bond motifs is 1. The van der Waals surface area contributed by atoms with Crippen LogP contribution in [0.4, 0.5) is 0 Å². The van der Waals surface area contributed by atoms with Crippen LogP contribution in [0.5, 0.6) is 0 Å². The summed E-state index contributed by atoms with van der Waals surface area (Å²) in [5.74, 6) is -0.294. The summed E-state index contributed by atoms with van der Waals surface area (Å²) in [6, 6.07) is 2.36. The first kappa shape index (κ1) is 20.0. The van der Waals surface area contributed by atoms with Gasteiger partial charge >= 0.3 is 5.97 Å². The molecule has 0 N–H and O–H groups in total. The molecule has 0 atom stereocenters. The Kier molecular flexibility index (Phi) is 7.20. The van der Waals surface area contributed by atoms with Gasteiger partial charge in [-0.15, -0.1) is 0 Å². The smallest absolute Gasteiger partial charge is 0.330 e. The molecule has 26 heavy (non-hydrogen) atoms. The number of carbonyl (C=O) groups excluding carboxylic acids is 1. The predicted molar refractivity (Wildman–Crippen MR) is 110 cm³/mol. The number of aryl methyl sites for hydroxylation is 2. The van der Waals surface area contributed by atoms with Crippen LogP contribution >= 0.6 is 0 Å². The van der Waals surface area contributed by atoms with Gasteiger partial charge in [0.2, 0.25) is 0 Å². The summed E-state index contributed by atoms with van der Waals surface area (Å²) in [4.78, 5) is 11.4. The number of esters is 1. The topological polar surface area (TPSA) is 26.3 Å². The van der Waals surface area contributed by atoms with E-state index in [0.29, 0.717) is 6.61 Å². The quantitative estimate of drug-likeness (QED) is 0.367. The van der Waals surface area contributed by atoms with E-state index in [1.165, 1.54) is 53.2 Å². The molecule has 0 radical (unpaired) electrons. The Morgan fingerprint density at radius 1 is 1.15 bits per heavy atom. The van der Waals surface area contributed by atoms with Crippen LogP contribution in [0, 0.1) is 13.8 Å². The molecule has 1 aromatic rings. The van der Waals surface area contributed by atoms with Crippen LogP contribution in [0.25, 0.3) is 6.08 Å². The third kappa shape index (κ3) is 5.32. The van der Waals surface area contributed by atoms with Gasteiger partial charge in [0, 0.05) is 6.08 Å².